The Balaban J connectivity index is 0.000000278. The van der Waals surface area contributed by atoms with E-state index in [2.05, 4.69) is 0 Å². The second-order valence-corrected chi connectivity index (χ2v) is 8.46. The first-order valence-electron chi connectivity index (χ1n) is 9.82. The van der Waals surface area contributed by atoms with Crippen molar-refractivity contribution >= 4 is 16.1 Å². The fourth-order valence-corrected chi connectivity index (χ4v) is 3.12. The number of esters is 1. The predicted molar refractivity (Wildman–Crippen MR) is 122 cm³/mol. The second kappa shape index (κ2) is 12.0. The van der Waals surface area contributed by atoms with Crippen molar-refractivity contribution in [3.8, 4) is 5.75 Å². The summed E-state index contributed by atoms with van der Waals surface area (Å²) in [5.74, 6) is 0.383. The van der Waals surface area contributed by atoms with Gasteiger partial charge in [0.25, 0.3) is 10.1 Å². The molecule has 0 saturated carbocycles. The lowest BCUT2D eigenvalue weighted by atomic mass is 10.1. The van der Waals surface area contributed by atoms with Crippen LogP contribution in [0, 0.1) is 6.92 Å². The van der Waals surface area contributed by atoms with E-state index in [1.165, 1.54) is 12.1 Å². The minimum absolute atomic E-state index is 0.0666. The van der Waals surface area contributed by atoms with Crippen molar-refractivity contribution < 1.29 is 27.2 Å². The zero-order chi connectivity index (χ0) is 23.6. The van der Waals surface area contributed by atoms with Crippen LogP contribution in [0.1, 0.15) is 16.7 Å². The summed E-state index contributed by atoms with van der Waals surface area (Å²) in [6, 6.07) is 22.3. The van der Waals surface area contributed by atoms with Crippen molar-refractivity contribution in [3.05, 3.63) is 95.6 Å². The minimum atomic E-state index is -4.02. The Kier molecular flexibility index (Phi) is 9.39. The van der Waals surface area contributed by atoms with Crippen LogP contribution < -0.4 is 10.5 Å². The Morgan fingerprint density at radius 2 is 1.53 bits per heavy atom. The number of aryl methyl sites for hydroxylation is 1. The molecule has 0 bridgehead atoms. The van der Waals surface area contributed by atoms with Gasteiger partial charge in [0.1, 0.15) is 18.4 Å². The van der Waals surface area contributed by atoms with Crippen LogP contribution in [-0.2, 0) is 32.7 Å². The molecule has 0 aliphatic heterocycles. The SMILES string of the molecule is COc1ccc(CC(N)C(=O)OCc2ccccc2)cc1.Cc1ccc(S(=O)(=O)O)cc1. The molecule has 0 spiro atoms. The summed E-state index contributed by atoms with van der Waals surface area (Å²) >= 11 is 0. The zero-order valence-electron chi connectivity index (χ0n) is 18.0. The Morgan fingerprint density at radius 1 is 0.938 bits per heavy atom. The van der Waals surface area contributed by atoms with Gasteiger partial charge in [-0.2, -0.15) is 8.42 Å². The van der Waals surface area contributed by atoms with Crippen molar-refractivity contribution in [2.24, 2.45) is 5.73 Å². The number of nitrogens with two attached hydrogens (primary N) is 1. The monoisotopic (exact) mass is 457 g/mol. The van der Waals surface area contributed by atoms with Gasteiger partial charge in [0.2, 0.25) is 0 Å². The normalized spacial score (nSPS) is 11.6. The molecule has 0 aliphatic rings. The molecule has 0 amide bonds. The molecule has 1 atom stereocenters. The molecule has 3 N–H and O–H groups in total. The lowest BCUT2D eigenvalue weighted by molar-refractivity contribution is -0.146. The maximum absolute atomic E-state index is 11.9. The van der Waals surface area contributed by atoms with Gasteiger partial charge in [0.15, 0.2) is 0 Å². The molecule has 0 heterocycles. The Labute approximate surface area is 188 Å². The molecule has 170 valence electrons. The van der Waals surface area contributed by atoms with Crippen molar-refractivity contribution in [3.63, 3.8) is 0 Å². The third-order valence-electron chi connectivity index (χ3n) is 4.46. The van der Waals surface area contributed by atoms with Crippen LogP contribution >= 0.6 is 0 Å². The van der Waals surface area contributed by atoms with Gasteiger partial charge in [-0.25, -0.2) is 0 Å². The molecular weight excluding hydrogens is 430 g/mol. The highest BCUT2D eigenvalue weighted by molar-refractivity contribution is 7.85. The van der Waals surface area contributed by atoms with E-state index in [0.29, 0.717) is 6.42 Å². The van der Waals surface area contributed by atoms with E-state index in [9.17, 15) is 13.2 Å². The van der Waals surface area contributed by atoms with Gasteiger partial charge in [0.05, 0.1) is 12.0 Å². The number of benzene rings is 3. The van der Waals surface area contributed by atoms with Crippen LogP contribution in [-0.4, -0.2) is 32.1 Å². The summed E-state index contributed by atoms with van der Waals surface area (Å²) in [4.78, 5) is 11.8. The van der Waals surface area contributed by atoms with Crippen LogP contribution in [0.3, 0.4) is 0 Å². The molecule has 3 aromatic rings. The average Bonchev–Trinajstić information content (AvgIpc) is 2.78. The first-order chi connectivity index (χ1) is 15.2. The fraction of sp³-hybridized carbons (Fsp3) is 0.208. The molecule has 1 unspecified atom stereocenters. The molecule has 0 radical (unpaired) electrons. The summed E-state index contributed by atoms with van der Waals surface area (Å²) in [6.07, 6.45) is 0.442. The quantitative estimate of drug-likeness (QED) is 0.412. The lowest BCUT2D eigenvalue weighted by Crippen LogP contribution is -2.34. The van der Waals surface area contributed by atoms with Crippen LogP contribution in [0.2, 0.25) is 0 Å². The van der Waals surface area contributed by atoms with E-state index in [1.54, 1.807) is 19.2 Å². The molecule has 0 saturated heterocycles. The smallest absolute Gasteiger partial charge is 0.323 e. The van der Waals surface area contributed by atoms with Crippen molar-refractivity contribution in [2.75, 3.05) is 7.11 Å². The first kappa shape index (κ1) is 25.1. The number of hydrogen-bond acceptors (Lipinski definition) is 6. The highest BCUT2D eigenvalue weighted by Gasteiger charge is 2.15. The van der Waals surface area contributed by atoms with Crippen molar-refractivity contribution in [2.45, 2.75) is 30.9 Å². The van der Waals surface area contributed by atoms with E-state index in [-0.39, 0.29) is 11.5 Å². The summed E-state index contributed by atoms with van der Waals surface area (Å²) in [5.41, 5.74) is 8.75. The second-order valence-electron chi connectivity index (χ2n) is 7.04. The topological polar surface area (TPSA) is 116 Å². The van der Waals surface area contributed by atoms with Gasteiger partial charge in [0, 0.05) is 0 Å². The molecular formula is C24H27NO6S. The minimum Gasteiger partial charge on any atom is -0.497 e. The lowest BCUT2D eigenvalue weighted by Gasteiger charge is -2.12. The molecule has 0 fully saturated rings. The number of rotatable bonds is 7. The van der Waals surface area contributed by atoms with Gasteiger partial charge in [-0.3, -0.25) is 9.35 Å². The molecule has 3 aromatic carbocycles. The highest BCUT2D eigenvalue weighted by Crippen LogP contribution is 2.13. The number of carbonyl (C=O) groups excluding carboxylic acids is 1. The van der Waals surface area contributed by atoms with E-state index in [0.717, 1.165) is 22.4 Å². The predicted octanol–water partition coefficient (Wildman–Crippen LogP) is 3.55. The maximum Gasteiger partial charge on any atom is 0.323 e. The van der Waals surface area contributed by atoms with E-state index < -0.39 is 22.1 Å². The largest absolute Gasteiger partial charge is 0.497 e. The summed E-state index contributed by atoms with van der Waals surface area (Å²) in [7, 11) is -2.41. The zero-order valence-corrected chi connectivity index (χ0v) is 18.8. The van der Waals surface area contributed by atoms with Crippen molar-refractivity contribution in [1.29, 1.82) is 0 Å². The summed E-state index contributed by atoms with van der Waals surface area (Å²) in [5, 5.41) is 0. The Morgan fingerprint density at radius 3 is 2.06 bits per heavy atom. The fourth-order valence-electron chi connectivity index (χ4n) is 2.64. The van der Waals surface area contributed by atoms with Crippen LogP contribution in [0.25, 0.3) is 0 Å². The molecule has 7 nitrogen and oxygen atoms in total. The number of methoxy groups -OCH3 is 1. The molecule has 3 rings (SSSR count). The highest BCUT2D eigenvalue weighted by atomic mass is 32.2. The van der Waals surface area contributed by atoms with E-state index in [4.69, 9.17) is 19.8 Å². The Hall–Kier alpha value is -3.20. The Bertz CT molecular complexity index is 1080. The molecule has 32 heavy (non-hydrogen) atoms. The van der Waals surface area contributed by atoms with Crippen LogP contribution in [0.4, 0.5) is 0 Å². The number of carbonyl (C=O) groups is 1. The average molecular weight is 458 g/mol. The van der Waals surface area contributed by atoms with Gasteiger partial charge in [-0.1, -0.05) is 60.2 Å². The third-order valence-corrected chi connectivity index (χ3v) is 5.33. The molecule has 0 aliphatic carbocycles. The van der Waals surface area contributed by atoms with Gasteiger partial charge in [-0.05, 0) is 48.7 Å². The van der Waals surface area contributed by atoms with Crippen LogP contribution in [0.5, 0.6) is 5.75 Å². The van der Waals surface area contributed by atoms with Gasteiger partial charge < -0.3 is 15.2 Å². The maximum atomic E-state index is 11.9. The molecule has 0 aromatic heterocycles. The first-order valence-corrected chi connectivity index (χ1v) is 11.3. The van der Waals surface area contributed by atoms with E-state index in [1.807, 2.05) is 61.5 Å². The number of hydrogen-bond donors (Lipinski definition) is 2. The van der Waals surface area contributed by atoms with Gasteiger partial charge >= 0.3 is 5.97 Å². The van der Waals surface area contributed by atoms with Gasteiger partial charge in [-0.15, -0.1) is 0 Å². The third kappa shape index (κ3) is 8.50. The van der Waals surface area contributed by atoms with Crippen molar-refractivity contribution in [1.82, 2.24) is 0 Å². The summed E-state index contributed by atoms with van der Waals surface area (Å²) in [6.45, 7) is 2.09. The molecule has 8 heteroatoms. The van der Waals surface area contributed by atoms with Crippen LogP contribution in [0.15, 0.2) is 83.8 Å². The van der Waals surface area contributed by atoms with E-state index >= 15 is 0 Å². The standard InChI is InChI=1S/C17H19NO3.C7H8O3S/c1-20-15-9-7-13(8-10-15)11-16(18)17(19)21-12-14-5-3-2-4-6-14;1-6-2-4-7(5-3-6)11(8,9)10/h2-10,16H,11-12,18H2,1H3;2-5H,1H3,(H,8,9,10). The summed E-state index contributed by atoms with van der Waals surface area (Å²) < 4.78 is 39.9. The number of ether oxygens (including phenoxy) is 2.